The first-order chi connectivity index (χ1) is 4.43. The van der Waals surface area contributed by atoms with Crippen LogP contribution >= 0.6 is 7.60 Å². The molecule has 59 valence electrons. The molecule has 1 rings (SSSR count). The predicted molar refractivity (Wildman–Crippen MR) is 37.1 cm³/mol. The van der Waals surface area contributed by atoms with Crippen LogP contribution in [-0.2, 0) is 14.1 Å². The number of hydrogen-bond acceptors (Lipinski definition) is 3. The molecule has 1 aliphatic heterocycles. The molecule has 2 unspecified atom stereocenters. The summed E-state index contributed by atoms with van der Waals surface area (Å²) >= 11 is 0. The summed E-state index contributed by atoms with van der Waals surface area (Å²) in [5.41, 5.74) is -1.11. The zero-order valence-electron chi connectivity index (χ0n) is 6.22. The second kappa shape index (κ2) is 3.66. The Morgan fingerprint density at radius 1 is 1.55 bits per heavy atom. The van der Waals surface area contributed by atoms with Crippen LogP contribution in [0.3, 0.4) is 0 Å². The molecule has 0 bridgehead atoms. The summed E-state index contributed by atoms with van der Waals surface area (Å²) < 4.78 is 14.8. The molecule has 0 saturated carbocycles. The van der Waals surface area contributed by atoms with E-state index in [-0.39, 0.29) is 35.7 Å². The zero-order chi connectivity index (χ0) is 7.94. The molecule has 2 atom stereocenters. The molecule has 0 aromatic carbocycles. The van der Waals surface area contributed by atoms with Gasteiger partial charge in [0.25, 0.3) is 5.52 Å². The Kier molecular flexibility index (Phi) is 3.92. The van der Waals surface area contributed by atoms with E-state index in [0.717, 1.165) is 0 Å². The fraction of sp³-hybridized carbons (Fsp3) is 0.750. The Labute approximate surface area is 85.6 Å². The minimum absolute atomic E-state index is 0. The van der Waals surface area contributed by atoms with E-state index in [0.29, 0.717) is 0 Å². The van der Waals surface area contributed by atoms with E-state index in [1.165, 1.54) is 0 Å². The molecule has 1 saturated heterocycles. The van der Waals surface area contributed by atoms with Gasteiger partial charge in [-0.15, -0.1) is 0 Å². The van der Waals surface area contributed by atoms with Crippen LogP contribution in [-0.4, -0.2) is 57.1 Å². The Morgan fingerprint density at radius 3 is 2.00 bits per heavy atom. The van der Waals surface area contributed by atoms with Gasteiger partial charge in [0.1, 0.15) is 0 Å². The van der Waals surface area contributed by atoms with Gasteiger partial charge in [0.05, 0.1) is 6.10 Å². The van der Waals surface area contributed by atoms with Crippen LogP contribution in [0.4, 0.5) is 0 Å². The Bertz CT molecular complexity index is 211. The third-order valence-electron chi connectivity index (χ3n) is 1.24. The van der Waals surface area contributed by atoms with Crippen molar-refractivity contribution < 1.29 is 23.9 Å². The van der Waals surface area contributed by atoms with Gasteiger partial charge in [0, 0.05) is 29.6 Å². The second-order valence-corrected chi connectivity index (χ2v) is 3.67. The van der Waals surface area contributed by atoms with Crippen molar-refractivity contribution in [2.24, 2.45) is 0 Å². The number of carbonyl (C=O) groups excluding carboxylic acids is 1. The average Bonchev–Trinajstić information content (AvgIpc) is 2.42. The van der Waals surface area contributed by atoms with Crippen molar-refractivity contribution >= 4 is 42.7 Å². The van der Waals surface area contributed by atoms with Crippen molar-refractivity contribution in [3.05, 3.63) is 0 Å². The SMILES string of the molecule is CC1OC1C(=O)P(=O)(O)O.[Na]. The van der Waals surface area contributed by atoms with E-state index in [9.17, 15) is 9.36 Å². The molecule has 0 aromatic rings. The van der Waals surface area contributed by atoms with Crippen molar-refractivity contribution in [1.29, 1.82) is 0 Å². The predicted octanol–water partition coefficient (Wildman–Crippen LogP) is -0.903. The summed E-state index contributed by atoms with van der Waals surface area (Å²) in [5.74, 6) is 0. The topological polar surface area (TPSA) is 87.1 Å². The maximum absolute atomic E-state index is 10.5. The molecular weight excluding hydrogens is 182 g/mol. The zero-order valence-corrected chi connectivity index (χ0v) is 9.12. The van der Waals surface area contributed by atoms with E-state index in [4.69, 9.17) is 9.79 Å². The van der Waals surface area contributed by atoms with Crippen LogP contribution in [0.2, 0.25) is 0 Å². The van der Waals surface area contributed by atoms with Gasteiger partial charge in [-0.1, -0.05) is 0 Å². The van der Waals surface area contributed by atoms with Gasteiger partial charge in [0.15, 0.2) is 6.10 Å². The van der Waals surface area contributed by atoms with Crippen molar-refractivity contribution in [2.75, 3.05) is 0 Å². The summed E-state index contributed by atoms with van der Waals surface area (Å²) in [6, 6.07) is 0. The summed E-state index contributed by atoms with van der Waals surface area (Å²) in [6.07, 6.45) is -1.21. The van der Waals surface area contributed by atoms with Gasteiger partial charge < -0.3 is 14.5 Å². The molecule has 0 spiro atoms. The van der Waals surface area contributed by atoms with Crippen molar-refractivity contribution in [1.82, 2.24) is 0 Å². The standard InChI is InChI=1S/C4H7O5P.Na/c1-2-3(9-2)4(5)10(6,7)8;/h2-3H,1H3,(H2,6,7,8);. The fourth-order valence-electron chi connectivity index (χ4n) is 0.611. The van der Waals surface area contributed by atoms with Crippen molar-refractivity contribution in [2.45, 2.75) is 19.1 Å². The van der Waals surface area contributed by atoms with Gasteiger partial charge in [-0.05, 0) is 6.92 Å². The van der Waals surface area contributed by atoms with Crippen LogP contribution in [0.15, 0.2) is 0 Å². The normalized spacial score (nSPS) is 29.0. The van der Waals surface area contributed by atoms with Crippen LogP contribution in [0.25, 0.3) is 0 Å². The molecule has 1 radical (unpaired) electrons. The summed E-state index contributed by atoms with van der Waals surface area (Å²) in [4.78, 5) is 27.1. The second-order valence-electron chi connectivity index (χ2n) is 2.14. The Hall–Kier alpha value is 0.780. The largest absolute Gasteiger partial charge is 0.394 e. The minimum atomic E-state index is -4.55. The molecule has 0 amide bonds. The molecule has 0 aromatic heterocycles. The minimum Gasteiger partial charge on any atom is -0.361 e. The first kappa shape index (κ1) is 11.8. The maximum atomic E-state index is 10.5. The van der Waals surface area contributed by atoms with Crippen LogP contribution in [0.5, 0.6) is 0 Å². The molecule has 1 aliphatic rings. The Morgan fingerprint density at radius 2 is 1.91 bits per heavy atom. The van der Waals surface area contributed by atoms with Crippen LogP contribution in [0, 0.1) is 0 Å². The van der Waals surface area contributed by atoms with E-state index < -0.39 is 19.2 Å². The van der Waals surface area contributed by atoms with Crippen molar-refractivity contribution in [3.8, 4) is 0 Å². The molecular formula is C4H7NaO5P. The number of carbonyl (C=O) groups is 1. The van der Waals surface area contributed by atoms with Gasteiger partial charge in [-0.25, -0.2) is 0 Å². The smallest absolute Gasteiger partial charge is 0.361 e. The van der Waals surface area contributed by atoms with Gasteiger partial charge in [-0.3, -0.25) is 9.36 Å². The van der Waals surface area contributed by atoms with E-state index in [1.807, 2.05) is 0 Å². The summed E-state index contributed by atoms with van der Waals surface area (Å²) in [5, 5.41) is 0. The third kappa shape index (κ3) is 2.95. The maximum Gasteiger partial charge on any atom is 0.394 e. The molecule has 1 fully saturated rings. The first-order valence-corrected chi connectivity index (χ1v) is 4.29. The van der Waals surface area contributed by atoms with Crippen LogP contribution in [0.1, 0.15) is 6.92 Å². The number of ether oxygens (including phenoxy) is 1. The number of hydrogen-bond donors (Lipinski definition) is 2. The summed E-state index contributed by atoms with van der Waals surface area (Å²) in [6.45, 7) is 1.58. The Balaban J connectivity index is 0.000001000. The third-order valence-corrected chi connectivity index (χ3v) is 2.07. The summed E-state index contributed by atoms with van der Waals surface area (Å²) in [7, 11) is -4.55. The first-order valence-electron chi connectivity index (χ1n) is 2.68. The van der Waals surface area contributed by atoms with Gasteiger partial charge >= 0.3 is 7.60 Å². The van der Waals surface area contributed by atoms with Gasteiger partial charge in [-0.2, -0.15) is 0 Å². The quantitative estimate of drug-likeness (QED) is 0.334. The number of rotatable bonds is 2. The van der Waals surface area contributed by atoms with E-state index in [1.54, 1.807) is 6.92 Å². The molecule has 5 nitrogen and oxygen atoms in total. The molecule has 1 heterocycles. The van der Waals surface area contributed by atoms with E-state index in [2.05, 4.69) is 4.74 Å². The van der Waals surface area contributed by atoms with E-state index >= 15 is 0 Å². The average molecular weight is 189 g/mol. The fourth-order valence-corrected chi connectivity index (χ4v) is 1.21. The number of epoxide rings is 1. The molecule has 11 heavy (non-hydrogen) atoms. The molecule has 0 aliphatic carbocycles. The van der Waals surface area contributed by atoms with Crippen LogP contribution < -0.4 is 0 Å². The molecule has 2 N–H and O–H groups in total. The van der Waals surface area contributed by atoms with Crippen molar-refractivity contribution in [3.63, 3.8) is 0 Å². The monoisotopic (exact) mass is 189 g/mol. The van der Waals surface area contributed by atoms with Gasteiger partial charge in [0.2, 0.25) is 0 Å². The molecule has 7 heteroatoms.